The van der Waals surface area contributed by atoms with E-state index in [-0.39, 0.29) is 11.7 Å². The Kier molecular flexibility index (Phi) is 5.30. The van der Waals surface area contributed by atoms with Crippen molar-refractivity contribution in [2.24, 2.45) is 0 Å². The van der Waals surface area contributed by atoms with Crippen molar-refractivity contribution in [3.05, 3.63) is 47.1 Å². The summed E-state index contributed by atoms with van der Waals surface area (Å²) in [4.78, 5) is 32.4. The number of anilines is 1. The van der Waals surface area contributed by atoms with E-state index >= 15 is 0 Å². The predicted octanol–water partition coefficient (Wildman–Crippen LogP) is 3.75. The summed E-state index contributed by atoms with van der Waals surface area (Å²) in [7, 11) is 0. The van der Waals surface area contributed by atoms with E-state index in [4.69, 9.17) is 0 Å². The molecule has 3 aromatic rings. The van der Waals surface area contributed by atoms with Gasteiger partial charge in [-0.3, -0.25) is 10.1 Å². The summed E-state index contributed by atoms with van der Waals surface area (Å²) in [6, 6.07) is 6.99. The zero-order valence-corrected chi connectivity index (χ0v) is 15.3. The molecule has 0 spiro atoms. The van der Waals surface area contributed by atoms with Gasteiger partial charge in [0.05, 0.1) is 16.0 Å². The molecule has 128 valence electrons. The van der Waals surface area contributed by atoms with Crippen LogP contribution >= 0.6 is 23.1 Å². The number of hydrogen-bond donors (Lipinski definition) is 2. The molecule has 0 aliphatic rings. The molecule has 2 N–H and O–H groups in total. The van der Waals surface area contributed by atoms with Gasteiger partial charge in [-0.05, 0) is 42.5 Å². The average Bonchev–Trinajstić information content (AvgIpc) is 3.06. The number of amides is 3. The van der Waals surface area contributed by atoms with Crippen LogP contribution in [0.15, 0.2) is 41.0 Å². The SMILES string of the molecule is Cc1cccc(NC(=O)NC(=O)CSc2ncnc3ccsc23)c1C. The van der Waals surface area contributed by atoms with E-state index in [1.807, 2.05) is 37.4 Å². The van der Waals surface area contributed by atoms with Crippen LogP contribution in [0.25, 0.3) is 10.2 Å². The van der Waals surface area contributed by atoms with Crippen LogP contribution in [-0.2, 0) is 4.79 Å². The number of fused-ring (bicyclic) bond motifs is 1. The first-order chi connectivity index (χ1) is 12.0. The van der Waals surface area contributed by atoms with Gasteiger partial charge in [0.1, 0.15) is 11.4 Å². The Bertz CT molecular complexity index is 939. The lowest BCUT2D eigenvalue weighted by Crippen LogP contribution is -2.35. The molecule has 0 saturated carbocycles. The molecule has 0 atom stereocenters. The topological polar surface area (TPSA) is 84.0 Å². The van der Waals surface area contributed by atoms with Gasteiger partial charge in [-0.15, -0.1) is 11.3 Å². The summed E-state index contributed by atoms with van der Waals surface area (Å²) in [5.41, 5.74) is 3.59. The Morgan fingerprint density at radius 2 is 2.04 bits per heavy atom. The minimum atomic E-state index is -0.539. The normalized spacial score (nSPS) is 10.6. The maximum absolute atomic E-state index is 12.0. The number of nitrogens with one attached hydrogen (secondary N) is 2. The highest BCUT2D eigenvalue weighted by molar-refractivity contribution is 8.00. The van der Waals surface area contributed by atoms with Crippen LogP contribution in [0.4, 0.5) is 10.5 Å². The molecular formula is C17H16N4O2S2. The Morgan fingerprint density at radius 1 is 1.20 bits per heavy atom. The summed E-state index contributed by atoms with van der Waals surface area (Å²) in [5.74, 6) is -0.277. The number of imide groups is 1. The van der Waals surface area contributed by atoms with E-state index in [0.29, 0.717) is 5.69 Å². The largest absolute Gasteiger partial charge is 0.325 e. The number of urea groups is 1. The number of thiophene rings is 1. The zero-order valence-electron chi connectivity index (χ0n) is 13.7. The molecule has 2 aromatic heterocycles. The number of thioether (sulfide) groups is 1. The van der Waals surface area contributed by atoms with Crippen LogP contribution in [0.1, 0.15) is 11.1 Å². The third-order valence-electron chi connectivity index (χ3n) is 3.66. The molecule has 8 heteroatoms. The summed E-state index contributed by atoms with van der Waals surface area (Å²) in [5, 5.41) is 7.71. The first kappa shape index (κ1) is 17.4. The lowest BCUT2D eigenvalue weighted by Gasteiger charge is -2.10. The monoisotopic (exact) mass is 372 g/mol. The minimum Gasteiger partial charge on any atom is -0.307 e. The van der Waals surface area contributed by atoms with E-state index in [1.165, 1.54) is 29.4 Å². The highest BCUT2D eigenvalue weighted by Crippen LogP contribution is 2.28. The first-order valence-corrected chi connectivity index (χ1v) is 9.39. The van der Waals surface area contributed by atoms with E-state index < -0.39 is 6.03 Å². The zero-order chi connectivity index (χ0) is 17.8. The fraction of sp³-hybridized carbons (Fsp3) is 0.176. The number of aromatic nitrogens is 2. The van der Waals surface area contributed by atoms with Crippen molar-refractivity contribution in [3.63, 3.8) is 0 Å². The molecule has 2 heterocycles. The third kappa shape index (κ3) is 4.15. The number of rotatable bonds is 4. The van der Waals surface area contributed by atoms with Crippen molar-refractivity contribution in [2.45, 2.75) is 18.9 Å². The fourth-order valence-corrected chi connectivity index (χ4v) is 3.95. The smallest absolute Gasteiger partial charge is 0.307 e. The Labute approximate surface area is 153 Å². The Morgan fingerprint density at radius 3 is 2.88 bits per heavy atom. The molecule has 3 amide bonds. The summed E-state index contributed by atoms with van der Waals surface area (Å²) in [6.07, 6.45) is 1.47. The van der Waals surface area contributed by atoms with Gasteiger partial charge in [0, 0.05) is 5.69 Å². The van der Waals surface area contributed by atoms with Gasteiger partial charge in [0.15, 0.2) is 0 Å². The van der Waals surface area contributed by atoms with E-state index in [1.54, 1.807) is 6.07 Å². The van der Waals surface area contributed by atoms with Gasteiger partial charge in [0.2, 0.25) is 5.91 Å². The van der Waals surface area contributed by atoms with E-state index in [2.05, 4.69) is 20.6 Å². The van der Waals surface area contributed by atoms with Crippen LogP contribution in [0.2, 0.25) is 0 Å². The highest BCUT2D eigenvalue weighted by atomic mass is 32.2. The second-order valence-electron chi connectivity index (χ2n) is 5.35. The minimum absolute atomic E-state index is 0.101. The van der Waals surface area contributed by atoms with Crippen molar-refractivity contribution >= 4 is 50.9 Å². The highest BCUT2D eigenvalue weighted by Gasteiger charge is 2.12. The molecule has 6 nitrogen and oxygen atoms in total. The molecule has 0 fully saturated rings. The quantitative estimate of drug-likeness (QED) is 0.538. The van der Waals surface area contributed by atoms with Crippen molar-refractivity contribution in [2.75, 3.05) is 11.1 Å². The lowest BCUT2D eigenvalue weighted by atomic mass is 10.1. The molecule has 0 radical (unpaired) electrons. The van der Waals surface area contributed by atoms with Crippen LogP contribution in [0.3, 0.4) is 0 Å². The van der Waals surface area contributed by atoms with Crippen molar-refractivity contribution in [1.82, 2.24) is 15.3 Å². The maximum atomic E-state index is 12.0. The van der Waals surface area contributed by atoms with Gasteiger partial charge in [-0.2, -0.15) is 0 Å². The molecule has 0 saturated heterocycles. The van der Waals surface area contributed by atoms with Crippen LogP contribution in [0.5, 0.6) is 0 Å². The van der Waals surface area contributed by atoms with Gasteiger partial charge >= 0.3 is 6.03 Å². The number of carbonyl (C=O) groups excluding carboxylic acids is 2. The Hall–Kier alpha value is -2.45. The standard InChI is InChI=1S/C17H16N4O2S2/c1-10-4-3-5-12(11(10)2)20-17(23)21-14(22)8-25-16-15-13(6-7-24-15)18-9-19-16/h3-7,9H,8H2,1-2H3,(H2,20,21,22,23). The second kappa shape index (κ2) is 7.62. The van der Waals surface area contributed by atoms with E-state index in [9.17, 15) is 9.59 Å². The molecule has 0 aliphatic heterocycles. The Balaban J connectivity index is 1.56. The van der Waals surface area contributed by atoms with Crippen molar-refractivity contribution in [1.29, 1.82) is 0 Å². The van der Waals surface area contributed by atoms with Gasteiger partial charge in [-0.25, -0.2) is 14.8 Å². The van der Waals surface area contributed by atoms with Gasteiger partial charge in [-0.1, -0.05) is 23.9 Å². The number of carbonyl (C=O) groups is 2. The number of benzene rings is 1. The van der Waals surface area contributed by atoms with Crippen molar-refractivity contribution < 1.29 is 9.59 Å². The molecule has 3 rings (SSSR count). The van der Waals surface area contributed by atoms with Gasteiger partial charge in [0.25, 0.3) is 0 Å². The average molecular weight is 372 g/mol. The van der Waals surface area contributed by atoms with E-state index in [0.717, 1.165) is 26.4 Å². The summed E-state index contributed by atoms with van der Waals surface area (Å²) in [6.45, 7) is 3.89. The fourth-order valence-electron chi connectivity index (χ4n) is 2.21. The van der Waals surface area contributed by atoms with Crippen LogP contribution < -0.4 is 10.6 Å². The third-order valence-corrected chi connectivity index (χ3v) is 5.69. The lowest BCUT2D eigenvalue weighted by molar-refractivity contribution is -0.117. The first-order valence-electron chi connectivity index (χ1n) is 7.52. The predicted molar refractivity (Wildman–Crippen MR) is 101 cm³/mol. The molecular weight excluding hydrogens is 356 g/mol. The van der Waals surface area contributed by atoms with Gasteiger partial charge < -0.3 is 5.32 Å². The number of hydrogen-bond acceptors (Lipinski definition) is 6. The maximum Gasteiger partial charge on any atom is 0.325 e. The molecule has 0 bridgehead atoms. The summed E-state index contributed by atoms with van der Waals surface area (Å²) < 4.78 is 0.945. The number of nitrogens with zero attached hydrogens (tertiary/aromatic N) is 2. The van der Waals surface area contributed by atoms with Crippen LogP contribution in [-0.4, -0.2) is 27.7 Å². The van der Waals surface area contributed by atoms with Crippen LogP contribution in [0, 0.1) is 13.8 Å². The van der Waals surface area contributed by atoms with Crippen molar-refractivity contribution in [3.8, 4) is 0 Å². The molecule has 1 aromatic carbocycles. The molecule has 0 aliphatic carbocycles. The second-order valence-corrected chi connectivity index (χ2v) is 7.23. The summed E-state index contributed by atoms with van der Waals surface area (Å²) >= 11 is 2.81. The molecule has 0 unspecified atom stereocenters. The molecule has 25 heavy (non-hydrogen) atoms. The number of aryl methyl sites for hydroxylation is 1.